The predicted octanol–water partition coefficient (Wildman–Crippen LogP) is 5.47. The molecule has 5 heteroatoms. The third-order valence-electron chi connectivity index (χ3n) is 2.80. The molecule has 100 valence electrons. The van der Waals surface area contributed by atoms with Gasteiger partial charge in [-0.2, -0.15) is 0 Å². The number of nitrogens with zero attached hydrogens (tertiary/aromatic N) is 2. The molecule has 0 aliphatic heterocycles. The molecule has 0 radical (unpaired) electrons. The second kappa shape index (κ2) is 6.21. The smallest absolute Gasteiger partial charge is 0.161 e. The zero-order chi connectivity index (χ0) is 14.0. The molecule has 1 aromatic heterocycles. The van der Waals surface area contributed by atoms with Crippen molar-refractivity contribution >= 4 is 39.1 Å². The van der Waals surface area contributed by atoms with E-state index in [9.17, 15) is 0 Å². The van der Waals surface area contributed by atoms with Gasteiger partial charge < -0.3 is 0 Å². The van der Waals surface area contributed by atoms with E-state index >= 15 is 0 Å². The van der Waals surface area contributed by atoms with Gasteiger partial charge in [-0.25, -0.2) is 9.97 Å². The molecule has 0 fully saturated rings. The summed E-state index contributed by atoms with van der Waals surface area (Å²) in [6.45, 7) is 4.09. The van der Waals surface area contributed by atoms with E-state index in [1.165, 1.54) is 0 Å². The Labute approximate surface area is 131 Å². The Kier molecular flexibility index (Phi) is 4.82. The fraction of sp³-hybridized carbons (Fsp3) is 0.286. The minimum absolute atomic E-state index is 0.447. The minimum Gasteiger partial charge on any atom is -0.232 e. The van der Waals surface area contributed by atoms with Gasteiger partial charge >= 0.3 is 0 Å². The highest BCUT2D eigenvalue weighted by Crippen LogP contribution is 2.29. The summed E-state index contributed by atoms with van der Waals surface area (Å²) < 4.78 is 0.784. The number of aryl methyl sites for hydroxylation is 2. The number of rotatable bonds is 3. The van der Waals surface area contributed by atoms with Crippen molar-refractivity contribution in [2.24, 2.45) is 0 Å². The zero-order valence-corrected chi connectivity index (χ0v) is 13.8. The van der Waals surface area contributed by atoms with E-state index < -0.39 is 0 Å². The molecule has 0 atom stereocenters. The Morgan fingerprint density at radius 2 is 1.95 bits per heavy atom. The molecule has 2 nitrogen and oxygen atoms in total. The SMILES string of the molecule is CCCc1nc(-c2ccc(Cl)cc2C)nc(Cl)c1Br. The highest BCUT2D eigenvalue weighted by molar-refractivity contribution is 9.10. The second-order valence-electron chi connectivity index (χ2n) is 4.31. The van der Waals surface area contributed by atoms with Crippen LogP contribution in [0, 0.1) is 6.92 Å². The zero-order valence-electron chi connectivity index (χ0n) is 10.7. The quantitative estimate of drug-likeness (QED) is 0.678. The van der Waals surface area contributed by atoms with E-state index in [-0.39, 0.29) is 0 Å². The average molecular weight is 360 g/mol. The molecule has 0 N–H and O–H groups in total. The predicted molar refractivity (Wildman–Crippen MR) is 83.9 cm³/mol. The Hall–Kier alpha value is -0.640. The average Bonchev–Trinajstić information content (AvgIpc) is 2.35. The van der Waals surface area contributed by atoms with Crippen molar-refractivity contribution in [2.45, 2.75) is 26.7 Å². The molecule has 0 amide bonds. The van der Waals surface area contributed by atoms with Gasteiger partial charge in [0.1, 0.15) is 5.15 Å². The first kappa shape index (κ1) is 14.8. The van der Waals surface area contributed by atoms with Gasteiger partial charge in [0.15, 0.2) is 5.82 Å². The van der Waals surface area contributed by atoms with Crippen molar-refractivity contribution < 1.29 is 0 Å². The van der Waals surface area contributed by atoms with Gasteiger partial charge in [-0.3, -0.25) is 0 Å². The summed E-state index contributed by atoms with van der Waals surface area (Å²) in [5.41, 5.74) is 2.93. The first-order valence-electron chi connectivity index (χ1n) is 6.01. The fourth-order valence-electron chi connectivity index (χ4n) is 1.86. The maximum absolute atomic E-state index is 6.16. The van der Waals surface area contributed by atoms with E-state index in [1.54, 1.807) is 0 Å². The van der Waals surface area contributed by atoms with E-state index in [0.717, 1.165) is 34.1 Å². The first-order valence-corrected chi connectivity index (χ1v) is 7.56. The van der Waals surface area contributed by atoms with Gasteiger partial charge in [0.25, 0.3) is 0 Å². The molecule has 19 heavy (non-hydrogen) atoms. The van der Waals surface area contributed by atoms with E-state index in [2.05, 4.69) is 32.8 Å². The van der Waals surface area contributed by atoms with E-state index in [0.29, 0.717) is 16.0 Å². The van der Waals surface area contributed by atoms with Crippen molar-refractivity contribution in [3.05, 3.63) is 44.1 Å². The third-order valence-corrected chi connectivity index (χ3v) is 4.37. The molecule has 0 aliphatic rings. The van der Waals surface area contributed by atoms with Crippen LogP contribution < -0.4 is 0 Å². The van der Waals surface area contributed by atoms with Crippen LogP contribution in [0.1, 0.15) is 24.6 Å². The Morgan fingerprint density at radius 3 is 2.58 bits per heavy atom. The van der Waals surface area contributed by atoms with E-state index in [1.807, 2.05) is 25.1 Å². The summed E-state index contributed by atoms with van der Waals surface area (Å²) in [5.74, 6) is 0.644. The maximum Gasteiger partial charge on any atom is 0.161 e. The Bertz CT molecular complexity index is 615. The monoisotopic (exact) mass is 358 g/mol. The molecular weight excluding hydrogens is 347 g/mol. The van der Waals surface area contributed by atoms with Gasteiger partial charge in [-0.15, -0.1) is 0 Å². The number of hydrogen-bond acceptors (Lipinski definition) is 2. The molecule has 0 aliphatic carbocycles. The molecule has 0 unspecified atom stereocenters. The normalized spacial score (nSPS) is 10.8. The lowest BCUT2D eigenvalue weighted by Gasteiger charge is -2.09. The molecule has 2 aromatic rings. The van der Waals surface area contributed by atoms with Gasteiger partial charge in [0.2, 0.25) is 0 Å². The fourth-order valence-corrected chi connectivity index (χ4v) is 2.66. The molecule has 0 saturated heterocycles. The minimum atomic E-state index is 0.447. The summed E-state index contributed by atoms with van der Waals surface area (Å²) in [4.78, 5) is 8.94. The molecule has 0 bridgehead atoms. The van der Waals surface area contributed by atoms with Crippen molar-refractivity contribution in [3.63, 3.8) is 0 Å². The Balaban J connectivity index is 2.56. The van der Waals surface area contributed by atoms with Crippen LogP contribution in [0.2, 0.25) is 10.2 Å². The van der Waals surface area contributed by atoms with Gasteiger partial charge in [0, 0.05) is 10.6 Å². The summed E-state index contributed by atoms with van der Waals surface area (Å²) >= 11 is 15.6. The van der Waals surface area contributed by atoms with Crippen molar-refractivity contribution in [1.29, 1.82) is 0 Å². The second-order valence-corrected chi connectivity index (χ2v) is 5.90. The highest BCUT2D eigenvalue weighted by atomic mass is 79.9. The lowest BCUT2D eigenvalue weighted by Crippen LogP contribution is -1.99. The molecule has 0 saturated carbocycles. The standard InChI is InChI=1S/C14H13BrCl2N2/c1-3-4-11-12(15)13(17)19-14(18-11)10-6-5-9(16)7-8(10)2/h5-7H,3-4H2,1-2H3. The van der Waals surface area contributed by atoms with Crippen molar-refractivity contribution in [1.82, 2.24) is 9.97 Å². The maximum atomic E-state index is 6.16. The number of aromatic nitrogens is 2. The number of halogens is 3. The van der Waals surface area contributed by atoms with Crippen LogP contribution >= 0.6 is 39.1 Å². The summed E-state index contributed by atoms with van der Waals surface area (Å²) in [7, 11) is 0. The third kappa shape index (κ3) is 3.28. The van der Waals surface area contributed by atoms with Crippen LogP contribution in [0.25, 0.3) is 11.4 Å². The first-order chi connectivity index (χ1) is 9.02. The van der Waals surface area contributed by atoms with Gasteiger partial charge in [0.05, 0.1) is 10.2 Å². The highest BCUT2D eigenvalue weighted by Gasteiger charge is 2.13. The number of benzene rings is 1. The van der Waals surface area contributed by atoms with Crippen LogP contribution in [0.3, 0.4) is 0 Å². The van der Waals surface area contributed by atoms with Crippen LogP contribution in [0.5, 0.6) is 0 Å². The topological polar surface area (TPSA) is 25.8 Å². The van der Waals surface area contributed by atoms with Gasteiger partial charge in [-0.1, -0.05) is 36.5 Å². The Morgan fingerprint density at radius 1 is 1.21 bits per heavy atom. The van der Waals surface area contributed by atoms with Gasteiger partial charge in [-0.05, 0) is 53.0 Å². The summed E-state index contributed by atoms with van der Waals surface area (Å²) in [6, 6.07) is 5.66. The van der Waals surface area contributed by atoms with E-state index in [4.69, 9.17) is 23.2 Å². The van der Waals surface area contributed by atoms with Crippen molar-refractivity contribution in [3.8, 4) is 11.4 Å². The number of hydrogen-bond donors (Lipinski definition) is 0. The van der Waals surface area contributed by atoms with Crippen LogP contribution in [0.4, 0.5) is 0 Å². The molecular formula is C14H13BrCl2N2. The largest absolute Gasteiger partial charge is 0.232 e. The van der Waals surface area contributed by atoms with Crippen LogP contribution in [-0.2, 0) is 6.42 Å². The molecule has 1 heterocycles. The lowest BCUT2D eigenvalue weighted by atomic mass is 10.1. The summed E-state index contributed by atoms with van der Waals surface area (Å²) in [5, 5.41) is 1.15. The molecule has 0 spiro atoms. The van der Waals surface area contributed by atoms with Crippen LogP contribution in [-0.4, -0.2) is 9.97 Å². The lowest BCUT2D eigenvalue weighted by molar-refractivity contribution is 0.868. The summed E-state index contributed by atoms with van der Waals surface area (Å²) in [6.07, 6.45) is 1.87. The van der Waals surface area contributed by atoms with Crippen LogP contribution in [0.15, 0.2) is 22.7 Å². The van der Waals surface area contributed by atoms with Crippen molar-refractivity contribution in [2.75, 3.05) is 0 Å². The molecule has 1 aromatic carbocycles. The molecule has 2 rings (SSSR count).